The van der Waals surface area contributed by atoms with Crippen molar-refractivity contribution in [2.75, 3.05) is 54.1 Å². The van der Waals surface area contributed by atoms with Gasteiger partial charge >= 0.3 is 13.8 Å². The van der Waals surface area contributed by atoms with E-state index in [1.165, 1.54) is 70.3 Å². The molecule has 0 aliphatic heterocycles. The smallest absolute Gasteiger partial charge is 0.457 e. The van der Waals surface area contributed by atoms with Crippen LogP contribution >= 0.6 is 7.82 Å². The Morgan fingerprint density at radius 1 is 0.638 bits per heavy atom. The largest absolute Gasteiger partial charge is 0.472 e. The first-order chi connectivity index (χ1) is 27.8. The van der Waals surface area contributed by atoms with E-state index in [1.54, 1.807) is 36.5 Å². The third-order valence-electron chi connectivity index (χ3n) is 9.42. The Morgan fingerprint density at radius 3 is 1.81 bits per heavy atom. The van der Waals surface area contributed by atoms with Crippen molar-refractivity contribution in [3.8, 4) is 0 Å². The molecule has 58 heavy (non-hydrogen) atoms. The van der Waals surface area contributed by atoms with Crippen LogP contribution in [0.5, 0.6) is 0 Å². The lowest BCUT2D eigenvalue weighted by Crippen LogP contribution is -2.37. The lowest BCUT2D eigenvalue weighted by Gasteiger charge is -2.24. The van der Waals surface area contributed by atoms with Crippen molar-refractivity contribution in [1.29, 1.82) is 0 Å². The molecule has 0 aliphatic carbocycles. The van der Waals surface area contributed by atoms with Gasteiger partial charge in [0, 0.05) is 13.0 Å². The number of aliphatic hydroxyl groups excluding tert-OH is 3. The number of hydrogen-bond acceptors (Lipinski definition) is 9. The Bertz CT molecular complexity index is 1170. The minimum Gasteiger partial charge on any atom is -0.457 e. The topological polar surface area (TPSA) is 152 Å². The summed E-state index contributed by atoms with van der Waals surface area (Å²) in [5.74, 6) is -0.567. The van der Waals surface area contributed by atoms with Gasteiger partial charge in [-0.15, -0.1) is 0 Å². The molecular formula is C46H85NO10P+. The van der Waals surface area contributed by atoms with E-state index in [0.717, 1.165) is 51.4 Å². The number of hydrogen-bond donors (Lipinski definition) is 4. The monoisotopic (exact) mass is 843 g/mol. The fourth-order valence-corrected chi connectivity index (χ4v) is 6.49. The van der Waals surface area contributed by atoms with Gasteiger partial charge in [0.2, 0.25) is 0 Å². The van der Waals surface area contributed by atoms with Gasteiger partial charge in [-0.05, 0) is 51.4 Å². The van der Waals surface area contributed by atoms with Crippen LogP contribution in [-0.4, -0.2) is 109 Å². The maximum atomic E-state index is 12.7. The van der Waals surface area contributed by atoms with Gasteiger partial charge in [0.25, 0.3) is 0 Å². The Balaban J connectivity index is 4.60. The van der Waals surface area contributed by atoms with Crippen LogP contribution in [0.1, 0.15) is 149 Å². The van der Waals surface area contributed by atoms with Crippen LogP contribution in [0.4, 0.5) is 0 Å². The van der Waals surface area contributed by atoms with E-state index < -0.39 is 38.2 Å². The number of carbonyl (C=O) groups excluding carboxylic acids is 1. The van der Waals surface area contributed by atoms with Gasteiger partial charge < -0.3 is 34.2 Å². The Morgan fingerprint density at radius 2 is 1.19 bits per heavy atom. The molecule has 11 nitrogen and oxygen atoms in total. The number of quaternary nitrogens is 1. The summed E-state index contributed by atoms with van der Waals surface area (Å²) in [6.07, 6.45) is 36.2. The molecule has 12 heteroatoms. The van der Waals surface area contributed by atoms with E-state index in [4.69, 9.17) is 18.5 Å². The molecule has 5 atom stereocenters. The zero-order chi connectivity index (χ0) is 43.2. The molecule has 0 aromatic rings. The van der Waals surface area contributed by atoms with Crippen molar-refractivity contribution in [1.82, 2.24) is 0 Å². The maximum Gasteiger partial charge on any atom is 0.472 e. The number of nitrogens with zero attached hydrogens (tertiary/aromatic N) is 1. The normalized spacial score (nSPS) is 15.9. The van der Waals surface area contributed by atoms with Gasteiger partial charge in [0.15, 0.2) is 0 Å². The summed E-state index contributed by atoms with van der Waals surface area (Å²) in [5.41, 5.74) is 0. The molecule has 0 spiro atoms. The van der Waals surface area contributed by atoms with Crippen molar-refractivity contribution in [2.45, 2.75) is 173 Å². The predicted molar refractivity (Wildman–Crippen MR) is 237 cm³/mol. The van der Waals surface area contributed by atoms with Gasteiger partial charge in [0.05, 0.1) is 52.7 Å². The van der Waals surface area contributed by atoms with E-state index in [2.05, 4.69) is 26.0 Å². The van der Waals surface area contributed by atoms with Gasteiger partial charge in [-0.3, -0.25) is 13.8 Å². The average Bonchev–Trinajstić information content (AvgIpc) is 3.16. The van der Waals surface area contributed by atoms with Crippen molar-refractivity contribution < 1.29 is 52.6 Å². The second kappa shape index (κ2) is 38.0. The first kappa shape index (κ1) is 56.1. The molecular weight excluding hydrogens is 757 g/mol. The maximum absolute atomic E-state index is 12.7. The highest BCUT2D eigenvalue weighted by molar-refractivity contribution is 7.47. The molecule has 0 heterocycles. The van der Waals surface area contributed by atoms with Crippen LogP contribution in [0.25, 0.3) is 0 Å². The summed E-state index contributed by atoms with van der Waals surface area (Å²) >= 11 is 0. The van der Waals surface area contributed by atoms with Crippen LogP contribution in [-0.2, 0) is 27.9 Å². The molecule has 0 radical (unpaired) electrons. The van der Waals surface area contributed by atoms with Gasteiger partial charge in [-0.2, -0.15) is 0 Å². The van der Waals surface area contributed by atoms with Crippen LogP contribution < -0.4 is 0 Å². The van der Waals surface area contributed by atoms with Gasteiger partial charge in [-0.25, -0.2) is 4.57 Å². The number of likely N-dealkylation sites (N-methyl/N-ethyl adjacent to an activating group) is 1. The SMILES string of the molecule is CCCCCCCC/C=C\CCCCCCCCOCC(COP(=O)(O)OCC[N+](C)(C)C)OC(=O)CCCC(O)C(O)\C=C/C=C\C=C\C=C/C(O)CCCCC. The molecule has 5 unspecified atom stereocenters. The predicted octanol–water partition coefficient (Wildman–Crippen LogP) is 9.85. The molecule has 0 saturated heterocycles. The Kier molecular flexibility index (Phi) is 36.8. The fourth-order valence-electron chi connectivity index (χ4n) is 5.75. The minimum absolute atomic E-state index is 0.00181. The average molecular weight is 843 g/mol. The first-order valence-electron chi connectivity index (χ1n) is 22.4. The van der Waals surface area contributed by atoms with Gasteiger partial charge in [0.1, 0.15) is 19.3 Å². The number of carbonyl (C=O) groups is 1. The molecule has 0 bridgehead atoms. The molecule has 4 N–H and O–H groups in total. The second-order valence-electron chi connectivity index (χ2n) is 16.3. The van der Waals surface area contributed by atoms with E-state index in [0.29, 0.717) is 17.6 Å². The highest BCUT2D eigenvalue weighted by atomic mass is 31.2. The van der Waals surface area contributed by atoms with Crippen LogP contribution in [0.15, 0.2) is 60.8 Å². The summed E-state index contributed by atoms with van der Waals surface area (Å²) in [6.45, 7) is 5.00. The third kappa shape index (κ3) is 39.5. The van der Waals surface area contributed by atoms with Crippen LogP contribution in [0.2, 0.25) is 0 Å². The molecule has 0 aliphatic rings. The van der Waals surface area contributed by atoms with Crippen molar-refractivity contribution in [3.63, 3.8) is 0 Å². The summed E-state index contributed by atoms with van der Waals surface area (Å²) in [5, 5.41) is 30.6. The number of unbranched alkanes of at least 4 members (excludes halogenated alkanes) is 14. The first-order valence-corrected chi connectivity index (χ1v) is 23.9. The highest BCUT2D eigenvalue weighted by Crippen LogP contribution is 2.43. The fraction of sp³-hybridized carbons (Fsp3) is 0.761. The molecule has 338 valence electrons. The number of phosphoric acid groups is 1. The summed E-state index contributed by atoms with van der Waals surface area (Å²) in [4.78, 5) is 22.9. The lowest BCUT2D eigenvalue weighted by atomic mass is 10.1. The van der Waals surface area contributed by atoms with E-state index >= 15 is 0 Å². The Labute approximate surface area is 353 Å². The number of rotatable bonds is 40. The summed E-state index contributed by atoms with van der Waals surface area (Å²) in [6, 6.07) is 0. The van der Waals surface area contributed by atoms with Crippen LogP contribution in [0, 0.1) is 0 Å². The summed E-state index contributed by atoms with van der Waals surface area (Å²) < 4.78 is 34.7. The quantitative estimate of drug-likeness (QED) is 0.0117. The highest BCUT2D eigenvalue weighted by Gasteiger charge is 2.26. The van der Waals surface area contributed by atoms with Crippen molar-refractivity contribution in [3.05, 3.63) is 60.8 Å². The van der Waals surface area contributed by atoms with Crippen LogP contribution in [0.3, 0.4) is 0 Å². The zero-order valence-electron chi connectivity index (χ0n) is 37.1. The van der Waals surface area contributed by atoms with E-state index in [9.17, 15) is 29.6 Å². The summed E-state index contributed by atoms with van der Waals surface area (Å²) in [7, 11) is 1.44. The molecule has 0 saturated carbocycles. The molecule has 0 fully saturated rings. The Hall–Kier alpha value is -1.92. The number of phosphoric ester groups is 1. The number of esters is 1. The lowest BCUT2D eigenvalue weighted by molar-refractivity contribution is -0.870. The van der Waals surface area contributed by atoms with Crippen molar-refractivity contribution in [2.24, 2.45) is 0 Å². The number of allylic oxidation sites excluding steroid dienone is 8. The van der Waals surface area contributed by atoms with E-state index in [1.807, 2.05) is 27.2 Å². The minimum atomic E-state index is -4.38. The van der Waals surface area contributed by atoms with E-state index in [-0.39, 0.29) is 39.1 Å². The number of aliphatic hydroxyl groups is 3. The molecule has 0 rings (SSSR count). The molecule has 0 aromatic carbocycles. The molecule has 0 aromatic heterocycles. The molecule has 0 amide bonds. The zero-order valence-corrected chi connectivity index (χ0v) is 38.0. The second-order valence-corrected chi connectivity index (χ2v) is 17.7. The van der Waals surface area contributed by atoms with Crippen molar-refractivity contribution >= 4 is 13.8 Å². The number of ether oxygens (including phenoxy) is 2. The van der Waals surface area contributed by atoms with Gasteiger partial charge in [-0.1, -0.05) is 152 Å². The third-order valence-corrected chi connectivity index (χ3v) is 10.4. The standard InChI is InChI=1S/C46H84NO10P/c1-6-8-10-11-12-13-14-15-16-17-18-19-20-23-26-30-38-54-40-43(41-56-58(52,53)55-39-37-47(3,4)5)57-46(51)36-31-35-45(50)44(49)34-29-25-22-21-24-28-33-42(48)32-27-9-7-2/h15-16,21-22,24-25,28-29,33-34,42-45,48-50H,6-14,17-20,23,26-27,30-32,35-41H2,1-5H3/p+1/b16-15-,24-21+,25-22-,33-28-,34-29-.